The van der Waals surface area contributed by atoms with Gasteiger partial charge in [0.25, 0.3) is 0 Å². The topological polar surface area (TPSA) is 72.6 Å². The molecule has 76 valence electrons. The van der Waals surface area contributed by atoms with E-state index in [9.17, 15) is 4.79 Å². The molecule has 0 saturated heterocycles. The number of cyclic esters (lactones) is 1. The molecule has 1 aliphatic rings. The van der Waals surface area contributed by atoms with E-state index in [1.807, 2.05) is 6.92 Å². The summed E-state index contributed by atoms with van der Waals surface area (Å²) in [5, 5.41) is 8.68. The zero-order valence-electron chi connectivity index (χ0n) is 7.40. The summed E-state index contributed by atoms with van der Waals surface area (Å²) in [6, 6.07) is -0.564. The third kappa shape index (κ3) is 2.69. The normalized spacial score (nSPS) is 23.2. The van der Waals surface area contributed by atoms with E-state index in [-0.39, 0.29) is 30.9 Å². The van der Waals surface area contributed by atoms with Gasteiger partial charge in [0.1, 0.15) is 5.76 Å². The third-order valence-electron chi connectivity index (χ3n) is 1.89. The summed E-state index contributed by atoms with van der Waals surface area (Å²) in [6.07, 6.45) is 2.39. The molecule has 0 bridgehead atoms. The fraction of sp³-hybridized carbons (Fsp3) is 0.625. The van der Waals surface area contributed by atoms with Crippen LogP contribution >= 0.6 is 12.4 Å². The molecule has 4 nitrogen and oxygen atoms in total. The summed E-state index contributed by atoms with van der Waals surface area (Å²) in [4.78, 5) is 11.0. The van der Waals surface area contributed by atoms with Crippen molar-refractivity contribution in [3.05, 3.63) is 11.8 Å². The van der Waals surface area contributed by atoms with E-state index in [0.29, 0.717) is 12.2 Å². The summed E-state index contributed by atoms with van der Waals surface area (Å²) >= 11 is 0. The number of hydrogen-bond donors (Lipinski definition) is 2. The quantitative estimate of drug-likeness (QED) is 0.649. The number of aliphatic hydroxyl groups is 1. The third-order valence-corrected chi connectivity index (χ3v) is 1.89. The average Bonchev–Trinajstić information content (AvgIpc) is 2.45. The maximum atomic E-state index is 11.0. The summed E-state index contributed by atoms with van der Waals surface area (Å²) in [7, 11) is 0. The highest BCUT2D eigenvalue weighted by Gasteiger charge is 2.28. The van der Waals surface area contributed by atoms with Gasteiger partial charge in [0, 0.05) is 0 Å². The minimum Gasteiger partial charge on any atom is -0.429 e. The van der Waals surface area contributed by atoms with Crippen molar-refractivity contribution in [1.29, 1.82) is 0 Å². The Labute approximate surface area is 83.2 Å². The Morgan fingerprint density at radius 3 is 2.77 bits per heavy atom. The second-order valence-corrected chi connectivity index (χ2v) is 2.79. The van der Waals surface area contributed by atoms with Crippen molar-refractivity contribution in [3.8, 4) is 0 Å². The fourth-order valence-electron chi connectivity index (χ4n) is 1.07. The van der Waals surface area contributed by atoms with Crippen LogP contribution in [0.4, 0.5) is 0 Å². The molecule has 0 aromatic carbocycles. The highest BCUT2D eigenvalue weighted by atomic mass is 35.5. The first-order chi connectivity index (χ1) is 5.69. The molecule has 0 aliphatic carbocycles. The molecule has 1 aliphatic heterocycles. The van der Waals surface area contributed by atoms with Crippen molar-refractivity contribution < 1.29 is 14.6 Å². The van der Waals surface area contributed by atoms with Gasteiger partial charge in [0.15, 0.2) is 0 Å². The molecule has 0 aromatic rings. The first-order valence-corrected chi connectivity index (χ1v) is 3.98. The molecule has 0 fully saturated rings. The molecular formula is C8H14ClNO3. The number of ether oxygens (including phenoxy) is 1. The minimum atomic E-state index is -0.564. The molecule has 2 atom stereocenters. The first-order valence-electron chi connectivity index (χ1n) is 3.98. The smallest absolute Gasteiger partial charge is 0.318 e. The van der Waals surface area contributed by atoms with Gasteiger partial charge in [-0.25, -0.2) is 0 Å². The van der Waals surface area contributed by atoms with Gasteiger partial charge in [-0.1, -0.05) is 6.92 Å². The summed E-state index contributed by atoms with van der Waals surface area (Å²) < 4.78 is 4.85. The van der Waals surface area contributed by atoms with Crippen LogP contribution in [0.25, 0.3) is 0 Å². The zero-order chi connectivity index (χ0) is 9.14. The Hall–Kier alpha value is -0.580. The van der Waals surface area contributed by atoms with Crippen molar-refractivity contribution in [2.24, 2.45) is 11.7 Å². The van der Waals surface area contributed by atoms with Crippen LogP contribution < -0.4 is 5.73 Å². The summed E-state index contributed by atoms with van der Waals surface area (Å²) in [6.45, 7) is 1.70. The summed E-state index contributed by atoms with van der Waals surface area (Å²) in [5.41, 5.74) is 5.46. The van der Waals surface area contributed by atoms with E-state index in [0.717, 1.165) is 0 Å². The predicted molar refractivity (Wildman–Crippen MR) is 50.3 cm³/mol. The van der Waals surface area contributed by atoms with Crippen LogP contribution in [-0.4, -0.2) is 23.7 Å². The van der Waals surface area contributed by atoms with Crippen molar-refractivity contribution in [1.82, 2.24) is 0 Å². The lowest BCUT2D eigenvalue weighted by molar-refractivity contribution is -0.140. The lowest BCUT2D eigenvalue weighted by Gasteiger charge is -2.07. The highest BCUT2D eigenvalue weighted by Crippen LogP contribution is 2.21. The average molecular weight is 208 g/mol. The van der Waals surface area contributed by atoms with E-state index >= 15 is 0 Å². The number of rotatable bonds is 3. The second kappa shape index (κ2) is 5.21. The van der Waals surface area contributed by atoms with Gasteiger partial charge < -0.3 is 15.6 Å². The Kier molecular flexibility index (Phi) is 4.98. The Balaban J connectivity index is 0.00000144. The number of esters is 1. The Morgan fingerprint density at radius 1 is 1.77 bits per heavy atom. The highest BCUT2D eigenvalue weighted by molar-refractivity contribution is 5.85. The van der Waals surface area contributed by atoms with E-state index in [4.69, 9.17) is 15.6 Å². The molecule has 0 amide bonds. The molecule has 3 N–H and O–H groups in total. The minimum absolute atomic E-state index is 0. The van der Waals surface area contributed by atoms with E-state index in [2.05, 4.69) is 0 Å². The van der Waals surface area contributed by atoms with Gasteiger partial charge in [0.05, 0.1) is 18.6 Å². The largest absolute Gasteiger partial charge is 0.429 e. The maximum Gasteiger partial charge on any atom is 0.318 e. The molecule has 0 aromatic heterocycles. The van der Waals surface area contributed by atoms with Crippen LogP contribution in [0.5, 0.6) is 0 Å². The van der Waals surface area contributed by atoms with Gasteiger partial charge >= 0.3 is 5.97 Å². The zero-order valence-corrected chi connectivity index (χ0v) is 8.21. The molecule has 1 heterocycles. The van der Waals surface area contributed by atoms with Crippen LogP contribution in [0.3, 0.4) is 0 Å². The van der Waals surface area contributed by atoms with Crippen molar-refractivity contribution in [2.45, 2.75) is 19.4 Å². The monoisotopic (exact) mass is 207 g/mol. The van der Waals surface area contributed by atoms with Gasteiger partial charge in [-0.05, 0) is 12.5 Å². The molecular weight excluding hydrogens is 194 g/mol. The maximum absolute atomic E-state index is 11.0. The number of halogens is 1. The second-order valence-electron chi connectivity index (χ2n) is 2.79. The van der Waals surface area contributed by atoms with Crippen molar-refractivity contribution in [2.75, 3.05) is 6.61 Å². The number of aliphatic hydroxyl groups excluding tert-OH is 1. The van der Waals surface area contributed by atoms with Crippen LogP contribution in [0.2, 0.25) is 0 Å². The number of carbonyl (C=O) groups excluding carboxylic acids is 1. The van der Waals surface area contributed by atoms with Crippen molar-refractivity contribution >= 4 is 18.4 Å². The molecule has 0 radical (unpaired) electrons. The lowest BCUT2D eigenvalue weighted by atomic mass is 10.1. The number of carbonyl (C=O) groups is 1. The van der Waals surface area contributed by atoms with Gasteiger partial charge in [-0.15, -0.1) is 12.4 Å². The van der Waals surface area contributed by atoms with E-state index in [1.165, 1.54) is 0 Å². The van der Waals surface area contributed by atoms with Crippen LogP contribution in [-0.2, 0) is 9.53 Å². The number of nitrogens with two attached hydrogens (primary N) is 1. The Morgan fingerprint density at radius 2 is 2.38 bits per heavy atom. The number of hydrogen-bond acceptors (Lipinski definition) is 4. The van der Waals surface area contributed by atoms with E-state index < -0.39 is 6.04 Å². The molecule has 5 heteroatoms. The summed E-state index contributed by atoms with van der Waals surface area (Å²) in [5.74, 6) is -0.0525. The van der Waals surface area contributed by atoms with Gasteiger partial charge in [-0.3, -0.25) is 4.79 Å². The first kappa shape index (κ1) is 12.4. The SMILES string of the molecule is CC[C@@H]1C=C([C@@H](N)CO)OC1=O.Cl. The fourth-order valence-corrected chi connectivity index (χ4v) is 1.07. The molecule has 13 heavy (non-hydrogen) atoms. The van der Waals surface area contributed by atoms with Gasteiger partial charge in [-0.2, -0.15) is 0 Å². The lowest BCUT2D eigenvalue weighted by Crippen LogP contribution is -2.27. The molecule has 0 unspecified atom stereocenters. The Bertz CT molecular complexity index is 217. The molecule has 1 rings (SSSR count). The predicted octanol–water partition coefficient (Wildman–Crippen LogP) is 0.195. The molecule has 0 spiro atoms. The molecule has 0 saturated carbocycles. The van der Waals surface area contributed by atoms with Crippen LogP contribution in [0, 0.1) is 5.92 Å². The van der Waals surface area contributed by atoms with Crippen LogP contribution in [0.1, 0.15) is 13.3 Å². The van der Waals surface area contributed by atoms with E-state index in [1.54, 1.807) is 6.08 Å². The van der Waals surface area contributed by atoms with Gasteiger partial charge in [0.2, 0.25) is 0 Å². The van der Waals surface area contributed by atoms with Crippen molar-refractivity contribution in [3.63, 3.8) is 0 Å². The standard InChI is InChI=1S/C8H13NO3.ClH/c1-2-5-3-7(6(9)4-10)12-8(5)11;/h3,5-6,10H,2,4,9H2,1H3;1H/t5-,6+;/m1./s1. The van der Waals surface area contributed by atoms with Crippen LogP contribution in [0.15, 0.2) is 11.8 Å².